The Balaban J connectivity index is 2.14. The molecule has 0 spiro atoms. The van der Waals surface area contributed by atoms with Crippen LogP contribution in [0.15, 0.2) is 35.7 Å². The average molecular weight is 305 g/mol. The monoisotopic (exact) mass is 305 g/mol. The van der Waals surface area contributed by atoms with Crippen molar-refractivity contribution in [3.8, 4) is 0 Å². The van der Waals surface area contributed by atoms with Crippen molar-refractivity contribution in [2.24, 2.45) is 5.73 Å². The Morgan fingerprint density at radius 3 is 2.71 bits per heavy atom. The highest BCUT2D eigenvalue weighted by Crippen LogP contribution is 2.18. The Morgan fingerprint density at radius 2 is 2.14 bits per heavy atom. The Labute approximate surface area is 128 Å². The average Bonchev–Trinajstić information content (AvgIpc) is 2.97. The molecule has 3 N–H and O–H groups in total. The Morgan fingerprint density at radius 1 is 1.43 bits per heavy atom. The number of hydrogen-bond donors (Lipinski definition) is 2. The van der Waals surface area contributed by atoms with E-state index in [-0.39, 0.29) is 25.1 Å². The van der Waals surface area contributed by atoms with Crippen LogP contribution in [0.1, 0.15) is 34.0 Å². The number of amides is 1. The number of aliphatic hydroxyl groups excluding tert-OH is 1. The summed E-state index contributed by atoms with van der Waals surface area (Å²) in [4.78, 5) is 18.4. The van der Waals surface area contributed by atoms with Crippen LogP contribution in [0.5, 0.6) is 0 Å². The van der Waals surface area contributed by atoms with Crippen molar-refractivity contribution in [2.45, 2.75) is 19.5 Å². The van der Waals surface area contributed by atoms with Gasteiger partial charge in [-0.2, -0.15) is 0 Å². The summed E-state index contributed by atoms with van der Waals surface area (Å²) in [5.41, 5.74) is 7.17. The van der Waals surface area contributed by atoms with Crippen molar-refractivity contribution in [1.82, 2.24) is 9.88 Å². The van der Waals surface area contributed by atoms with Gasteiger partial charge in [-0.1, -0.05) is 30.3 Å². The Bertz CT molecular complexity index is 584. The highest BCUT2D eigenvalue weighted by molar-refractivity contribution is 7.09. The van der Waals surface area contributed by atoms with Gasteiger partial charge in [-0.25, -0.2) is 4.98 Å². The molecule has 0 saturated heterocycles. The lowest BCUT2D eigenvalue weighted by Gasteiger charge is -2.20. The van der Waals surface area contributed by atoms with Gasteiger partial charge in [0.15, 0.2) is 0 Å². The Kier molecular flexibility index (Phi) is 5.44. The lowest BCUT2D eigenvalue weighted by atomic mass is 10.2. The van der Waals surface area contributed by atoms with Crippen LogP contribution in [0.2, 0.25) is 0 Å². The number of aromatic nitrogens is 1. The maximum Gasteiger partial charge on any atom is 0.273 e. The molecule has 2 rings (SSSR count). The van der Waals surface area contributed by atoms with Gasteiger partial charge in [-0.05, 0) is 12.5 Å². The molecule has 1 unspecified atom stereocenters. The minimum absolute atomic E-state index is 0.0805. The van der Waals surface area contributed by atoms with Crippen molar-refractivity contribution in [3.05, 3.63) is 52.0 Å². The van der Waals surface area contributed by atoms with E-state index in [1.165, 1.54) is 11.3 Å². The number of carbonyl (C=O) groups excluding carboxylic acids is 1. The summed E-state index contributed by atoms with van der Waals surface area (Å²) in [5, 5.41) is 11.6. The molecule has 1 aromatic carbocycles. The first-order valence-electron chi connectivity index (χ1n) is 6.77. The van der Waals surface area contributed by atoms with E-state index in [2.05, 4.69) is 4.98 Å². The first-order chi connectivity index (χ1) is 10.1. The summed E-state index contributed by atoms with van der Waals surface area (Å²) in [7, 11) is 0. The zero-order valence-corrected chi connectivity index (χ0v) is 12.7. The molecular formula is C15H19N3O2S. The number of thiazole rings is 1. The van der Waals surface area contributed by atoms with E-state index in [9.17, 15) is 9.90 Å². The highest BCUT2D eigenvalue weighted by atomic mass is 32.1. The molecule has 5 nitrogen and oxygen atoms in total. The molecule has 1 amide bonds. The van der Waals surface area contributed by atoms with Crippen LogP contribution >= 0.6 is 11.3 Å². The molecule has 0 radical (unpaired) electrons. The summed E-state index contributed by atoms with van der Waals surface area (Å²) in [6.07, 6.45) is 0. The van der Waals surface area contributed by atoms with Gasteiger partial charge in [-0.3, -0.25) is 4.79 Å². The summed E-state index contributed by atoms with van der Waals surface area (Å²) in [6, 6.07) is 9.49. The van der Waals surface area contributed by atoms with Crippen LogP contribution in [-0.2, 0) is 6.54 Å². The minimum atomic E-state index is -0.184. The third-order valence-corrected chi connectivity index (χ3v) is 4.05. The topological polar surface area (TPSA) is 79.5 Å². The van der Waals surface area contributed by atoms with Crippen molar-refractivity contribution in [1.29, 1.82) is 0 Å². The third kappa shape index (κ3) is 4.10. The maximum atomic E-state index is 12.5. The van der Waals surface area contributed by atoms with Crippen molar-refractivity contribution in [3.63, 3.8) is 0 Å². The van der Waals surface area contributed by atoms with Gasteiger partial charge in [0.1, 0.15) is 10.7 Å². The van der Waals surface area contributed by atoms with Crippen LogP contribution in [0.4, 0.5) is 0 Å². The smallest absolute Gasteiger partial charge is 0.273 e. The molecule has 2 aromatic rings. The SMILES string of the molecule is CC(N)c1nc(C(=O)N(CCO)Cc2ccccc2)cs1. The summed E-state index contributed by atoms with van der Waals surface area (Å²) in [6.45, 7) is 2.48. The molecule has 0 fully saturated rings. The quantitative estimate of drug-likeness (QED) is 0.853. The summed E-state index contributed by atoms with van der Waals surface area (Å²) >= 11 is 1.38. The van der Waals surface area contributed by atoms with Crippen molar-refractivity contribution in [2.75, 3.05) is 13.2 Å². The molecule has 0 bridgehead atoms. The minimum Gasteiger partial charge on any atom is -0.395 e. The zero-order valence-electron chi connectivity index (χ0n) is 11.9. The molecule has 6 heteroatoms. The van der Waals surface area contributed by atoms with Gasteiger partial charge in [0.05, 0.1) is 12.6 Å². The molecule has 1 aromatic heterocycles. The van der Waals surface area contributed by atoms with E-state index in [1.807, 2.05) is 37.3 Å². The van der Waals surface area contributed by atoms with Gasteiger partial charge >= 0.3 is 0 Å². The predicted octanol–water partition coefficient (Wildman–Crippen LogP) is 1.80. The standard InChI is InChI=1S/C15H19N3O2S/c1-11(16)14-17-13(10-21-14)15(20)18(7-8-19)9-12-5-3-2-4-6-12/h2-6,10-11,19H,7-9,16H2,1H3. The van der Waals surface area contributed by atoms with E-state index >= 15 is 0 Å². The zero-order chi connectivity index (χ0) is 15.2. The molecule has 1 atom stereocenters. The van der Waals surface area contributed by atoms with Gasteiger partial charge in [-0.15, -0.1) is 11.3 Å². The summed E-state index contributed by atoms with van der Waals surface area (Å²) in [5.74, 6) is -0.184. The lowest BCUT2D eigenvalue weighted by Crippen LogP contribution is -2.33. The fourth-order valence-electron chi connectivity index (χ4n) is 1.93. The third-order valence-electron chi connectivity index (χ3n) is 3.00. The van der Waals surface area contributed by atoms with E-state index in [4.69, 9.17) is 5.73 Å². The van der Waals surface area contributed by atoms with E-state index < -0.39 is 0 Å². The fraction of sp³-hybridized carbons (Fsp3) is 0.333. The number of rotatable bonds is 6. The number of hydrogen-bond acceptors (Lipinski definition) is 5. The predicted molar refractivity (Wildman–Crippen MR) is 83.0 cm³/mol. The second-order valence-electron chi connectivity index (χ2n) is 4.80. The second-order valence-corrected chi connectivity index (χ2v) is 5.69. The molecule has 0 aliphatic heterocycles. The number of nitrogens with zero attached hydrogens (tertiary/aromatic N) is 2. The first kappa shape index (κ1) is 15.6. The van der Waals surface area contributed by atoms with E-state index in [1.54, 1.807) is 10.3 Å². The second kappa shape index (κ2) is 7.31. The van der Waals surface area contributed by atoms with Gasteiger partial charge in [0, 0.05) is 18.5 Å². The van der Waals surface area contributed by atoms with Gasteiger partial charge in [0.2, 0.25) is 0 Å². The van der Waals surface area contributed by atoms with Crippen LogP contribution in [-0.4, -0.2) is 34.0 Å². The largest absolute Gasteiger partial charge is 0.395 e. The molecular weight excluding hydrogens is 286 g/mol. The van der Waals surface area contributed by atoms with Crippen LogP contribution in [0, 0.1) is 0 Å². The molecule has 0 saturated carbocycles. The molecule has 0 aliphatic rings. The molecule has 1 heterocycles. The molecule has 0 aliphatic carbocycles. The lowest BCUT2D eigenvalue weighted by molar-refractivity contribution is 0.0702. The van der Waals surface area contributed by atoms with Gasteiger partial charge in [0.25, 0.3) is 5.91 Å². The first-order valence-corrected chi connectivity index (χ1v) is 7.65. The van der Waals surface area contributed by atoms with Crippen LogP contribution in [0.3, 0.4) is 0 Å². The number of benzene rings is 1. The normalized spacial score (nSPS) is 12.1. The maximum absolute atomic E-state index is 12.5. The van der Waals surface area contributed by atoms with E-state index in [0.29, 0.717) is 12.2 Å². The fourth-order valence-corrected chi connectivity index (χ4v) is 2.69. The van der Waals surface area contributed by atoms with Crippen molar-refractivity contribution < 1.29 is 9.90 Å². The number of aliphatic hydroxyl groups is 1. The van der Waals surface area contributed by atoms with Crippen molar-refractivity contribution >= 4 is 17.2 Å². The van der Waals surface area contributed by atoms with Crippen LogP contribution < -0.4 is 5.73 Å². The van der Waals surface area contributed by atoms with Crippen LogP contribution in [0.25, 0.3) is 0 Å². The molecule has 112 valence electrons. The van der Waals surface area contributed by atoms with Gasteiger partial charge < -0.3 is 15.7 Å². The number of nitrogens with two attached hydrogens (primary N) is 1. The molecule has 21 heavy (non-hydrogen) atoms. The summed E-state index contributed by atoms with van der Waals surface area (Å²) < 4.78 is 0. The van der Waals surface area contributed by atoms with E-state index in [0.717, 1.165) is 10.6 Å². The Hall–Kier alpha value is -1.76. The highest BCUT2D eigenvalue weighted by Gasteiger charge is 2.19. The number of carbonyl (C=O) groups is 1.